The van der Waals surface area contributed by atoms with Gasteiger partial charge in [0.15, 0.2) is 11.1 Å². The fourth-order valence-electron chi connectivity index (χ4n) is 4.91. The van der Waals surface area contributed by atoms with Gasteiger partial charge in [-0.15, -0.1) is 13.2 Å². The maximum atomic E-state index is 14.1. The van der Waals surface area contributed by atoms with Gasteiger partial charge >= 0.3 is 18.0 Å². The second-order valence-electron chi connectivity index (χ2n) is 8.87. The Kier molecular flexibility index (Phi) is 5.40. The highest BCUT2D eigenvalue weighted by molar-refractivity contribution is 5.93. The number of ether oxygens (including phenoxy) is 2. The number of amides is 1. The lowest BCUT2D eigenvalue weighted by Gasteiger charge is -2.48. The van der Waals surface area contributed by atoms with Crippen LogP contribution < -0.4 is 15.2 Å². The summed E-state index contributed by atoms with van der Waals surface area (Å²) in [6, 6.07) is 13.5. The van der Waals surface area contributed by atoms with Gasteiger partial charge in [0.1, 0.15) is 17.2 Å². The molecule has 5 rings (SSSR count). The Morgan fingerprint density at radius 2 is 1.89 bits per heavy atom. The number of carbonyl (C=O) groups excluding carboxylic acids is 1. The molecule has 4 aromatic rings. The molecule has 0 fully saturated rings. The van der Waals surface area contributed by atoms with E-state index in [-0.39, 0.29) is 22.7 Å². The number of hydrogen-bond donors (Lipinski definition) is 1. The van der Waals surface area contributed by atoms with E-state index in [0.29, 0.717) is 40.1 Å². The number of H-pyrrole nitrogens is 1. The number of pyridine rings is 1. The molecule has 11 heteroatoms. The van der Waals surface area contributed by atoms with Crippen LogP contribution in [0.4, 0.5) is 13.2 Å². The molecule has 3 heterocycles. The third kappa shape index (κ3) is 3.81. The van der Waals surface area contributed by atoms with E-state index in [2.05, 4.69) is 14.7 Å². The minimum absolute atomic E-state index is 0.253. The minimum Gasteiger partial charge on any atom is -0.491 e. The van der Waals surface area contributed by atoms with E-state index in [1.165, 1.54) is 36.4 Å². The number of benzene rings is 2. The summed E-state index contributed by atoms with van der Waals surface area (Å²) in [5.41, 5.74) is 0.939. The lowest BCUT2D eigenvalue weighted by atomic mass is 9.78. The third-order valence-corrected chi connectivity index (χ3v) is 6.58. The van der Waals surface area contributed by atoms with Gasteiger partial charge in [-0.25, -0.2) is 14.1 Å². The quantitative estimate of drug-likeness (QED) is 0.419. The van der Waals surface area contributed by atoms with Crippen molar-refractivity contribution in [2.45, 2.75) is 18.3 Å². The van der Waals surface area contributed by atoms with Crippen molar-refractivity contribution >= 4 is 17.0 Å². The van der Waals surface area contributed by atoms with Crippen LogP contribution in [0.2, 0.25) is 0 Å². The van der Waals surface area contributed by atoms with Gasteiger partial charge in [0, 0.05) is 18.2 Å². The molecule has 1 amide bonds. The van der Waals surface area contributed by atoms with E-state index in [4.69, 9.17) is 9.15 Å². The lowest BCUT2D eigenvalue weighted by Crippen LogP contribution is -2.63. The highest BCUT2D eigenvalue weighted by atomic mass is 19.4. The van der Waals surface area contributed by atoms with Gasteiger partial charge < -0.3 is 13.9 Å². The van der Waals surface area contributed by atoms with E-state index in [1.807, 2.05) is 0 Å². The Bertz CT molecular complexity index is 1510. The summed E-state index contributed by atoms with van der Waals surface area (Å²) >= 11 is 0. The van der Waals surface area contributed by atoms with Gasteiger partial charge in [-0.2, -0.15) is 0 Å². The zero-order valence-electron chi connectivity index (χ0n) is 19.3. The number of hydrogen-bond acceptors (Lipinski definition) is 6. The highest BCUT2D eigenvalue weighted by Gasteiger charge is 2.57. The van der Waals surface area contributed by atoms with Crippen molar-refractivity contribution in [1.29, 1.82) is 0 Å². The molecule has 8 nitrogen and oxygen atoms in total. The van der Waals surface area contributed by atoms with Crippen molar-refractivity contribution in [2.75, 3.05) is 20.7 Å². The molecule has 2 aromatic heterocycles. The Hall–Kier alpha value is -4.12. The molecule has 36 heavy (non-hydrogen) atoms. The van der Waals surface area contributed by atoms with Crippen LogP contribution in [0.25, 0.3) is 11.1 Å². The summed E-state index contributed by atoms with van der Waals surface area (Å²) in [5, 5.41) is 0. The summed E-state index contributed by atoms with van der Waals surface area (Å²) in [6.45, 7) is 0.253. The minimum atomic E-state index is -4.83. The van der Waals surface area contributed by atoms with Gasteiger partial charge in [0.25, 0.3) is 0 Å². The van der Waals surface area contributed by atoms with Crippen LogP contribution >= 0.6 is 0 Å². The standard InChI is InChI=1S/C25H20F3N3O5/c1-31(2,22(32)15-5-10-19-18(14-15)30-23(33)35-19)24(11-13-34-20-4-3-12-29-21(20)24)16-6-8-17(9-7-16)36-25(26,27)28/h3-10,12,14H,11,13H2,1-2H3/p+1. The van der Waals surface area contributed by atoms with E-state index in [0.717, 1.165) is 0 Å². The van der Waals surface area contributed by atoms with Crippen molar-refractivity contribution in [3.05, 3.63) is 88.2 Å². The van der Waals surface area contributed by atoms with Gasteiger partial charge in [-0.05, 0) is 54.6 Å². The first-order valence-corrected chi connectivity index (χ1v) is 11.0. The van der Waals surface area contributed by atoms with Gasteiger partial charge in [-0.1, -0.05) is 0 Å². The summed E-state index contributed by atoms with van der Waals surface area (Å²) in [6.07, 6.45) is -2.93. The monoisotopic (exact) mass is 500 g/mol. The maximum Gasteiger partial charge on any atom is 0.573 e. The smallest absolute Gasteiger partial charge is 0.491 e. The number of rotatable bonds is 4. The number of fused-ring (bicyclic) bond motifs is 2. The van der Waals surface area contributed by atoms with Crippen LogP contribution in [0.15, 0.2) is 70.0 Å². The predicted octanol–water partition coefficient (Wildman–Crippen LogP) is 4.36. The fraction of sp³-hybridized carbons (Fsp3) is 0.240. The molecule has 1 unspecified atom stereocenters. The predicted molar refractivity (Wildman–Crippen MR) is 122 cm³/mol. The molecule has 0 saturated carbocycles. The fourth-order valence-corrected chi connectivity index (χ4v) is 4.91. The zero-order valence-corrected chi connectivity index (χ0v) is 19.3. The zero-order chi connectivity index (χ0) is 25.7. The molecule has 1 aliphatic heterocycles. The normalized spacial score (nSPS) is 17.9. The van der Waals surface area contributed by atoms with Gasteiger partial charge in [0.05, 0.1) is 31.8 Å². The molecule has 0 bridgehead atoms. The Balaban J connectivity index is 1.67. The number of nitrogens with zero attached hydrogens (tertiary/aromatic N) is 2. The SMILES string of the molecule is C[N+](C)(C(=O)c1ccc2oc(=O)[nH]c2c1)C1(c2ccc(OC(F)(F)F)cc2)CCOc2cccnc21. The summed E-state index contributed by atoms with van der Waals surface area (Å²) in [7, 11) is 3.43. The molecule has 1 atom stereocenters. The molecule has 186 valence electrons. The second kappa shape index (κ2) is 8.23. The number of quaternary nitrogens is 1. The van der Waals surface area contributed by atoms with E-state index >= 15 is 0 Å². The summed E-state index contributed by atoms with van der Waals surface area (Å²) in [4.78, 5) is 32.8. The Morgan fingerprint density at radius 3 is 2.61 bits per heavy atom. The first-order valence-electron chi connectivity index (χ1n) is 11.0. The van der Waals surface area contributed by atoms with Crippen molar-refractivity contribution in [2.24, 2.45) is 0 Å². The van der Waals surface area contributed by atoms with Crippen molar-refractivity contribution in [3.63, 3.8) is 0 Å². The number of nitrogens with one attached hydrogen (secondary N) is 1. The molecule has 0 radical (unpaired) electrons. The van der Waals surface area contributed by atoms with Crippen LogP contribution in [0, 0.1) is 0 Å². The Morgan fingerprint density at radius 1 is 1.14 bits per heavy atom. The number of aromatic nitrogens is 2. The average molecular weight is 500 g/mol. The van der Waals surface area contributed by atoms with Crippen molar-refractivity contribution in [1.82, 2.24) is 9.97 Å². The van der Waals surface area contributed by atoms with E-state index in [9.17, 15) is 22.8 Å². The van der Waals surface area contributed by atoms with Crippen LogP contribution in [-0.4, -0.2) is 47.4 Å². The Labute approximate surface area is 202 Å². The molecule has 1 aliphatic rings. The first-order chi connectivity index (χ1) is 17.0. The van der Waals surface area contributed by atoms with Crippen molar-refractivity contribution in [3.8, 4) is 11.5 Å². The number of oxazole rings is 1. The van der Waals surface area contributed by atoms with E-state index in [1.54, 1.807) is 38.5 Å². The van der Waals surface area contributed by atoms with Gasteiger partial charge in [0.2, 0.25) is 0 Å². The topological polar surface area (TPSA) is 94.4 Å². The number of carbonyl (C=O) groups is 1. The lowest BCUT2D eigenvalue weighted by molar-refractivity contribution is -0.867. The van der Waals surface area contributed by atoms with Crippen LogP contribution in [0.1, 0.15) is 28.0 Å². The largest absolute Gasteiger partial charge is 0.573 e. The van der Waals surface area contributed by atoms with Gasteiger partial charge in [-0.3, -0.25) is 9.97 Å². The summed E-state index contributed by atoms with van der Waals surface area (Å²) < 4.78 is 52.8. The van der Waals surface area contributed by atoms with Crippen LogP contribution in [0.5, 0.6) is 11.5 Å². The highest BCUT2D eigenvalue weighted by Crippen LogP contribution is 2.48. The molecule has 0 spiro atoms. The first kappa shape index (κ1) is 23.6. The summed E-state index contributed by atoms with van der Waals surface area (Å²) in [5.74, 6) is -0.842. The number of aromatic amines is 1. The number of halogens is 3. The van der Waals surface area contributed by atoms with Crippen LogP contribution in [-0.2, 0) is 5.54 Å². The second-order valence-corrected chi connectivity index (χ2v) is 8.87. The molecular weight excluding hydrogens is 479 g/mol. The maximum absolute atomic E-state index is 14.1. The molecule has 0 saturated heterocycles. The van der Waals surface area contributed by atoms with Crippen molar-refractivity contribution < 1.29 is 36.3 Å². The molecule has 2 aromatic carbocycles. The molecule has 0 aliphatic carbocycles. The number of alkyl halides is 3. The average Bonchev–Trinajstić information content (AvgIpc) is 3.21. The van der Waals surface area contributed by atoms with E-state index < -0.39 is 17.7 Å². The third-order valence-electron chi connectivity index (χ3n) is 6.58. The molecular formula is C25H21F3N3O5+. The van der Waals surface area contributed by atoms with Crippen LogP contribution in [0.3, 0.4) is 0 Å². The molecule has 1 N–H and O–H groups in total.